The van der Waals surface area contributed by atoms with Crippen LogP contribution in [-0.4, -0.2) is 19.0 Å². The fourth-order valence-electron chi connectivity index (χ4n) is 2.62. The molecule has 1 amide bonds. The van der Waals surface area contributed by atoms with Gasteiger partial charge < -0.3 is 10.6 Å². The third-order valence-corrected chi connectivity index (χ3v) is 4.29. The Labute approximate surface area is 115 Å². The summed E-state index contributed by atoms with van der Waals surface area (Å²) in [6.45, 7) is 5.64. The molecule has 0 aromatic heterocycles. The Bertz CT molecular complexity index is 415. The van der Waals surface area contributed by atoms with E-state index in [9.17, 15) is 4.79 Å². The van der Waals surface area contributed by atoms with Crippen LogP contribution in [0, 0.1) is 12.3 Å². The molecule has 0 aliphatic heterocycles. The third kappa shape index (κ3) is 3.80. The van der Waals surface area contributed by atoms with Gasteiger partial charge in [0.25, 0.3) is 0 Å². The van der Waals surface area contributed by atoms with Gasteiger partial charge in [0.05, 0.1) is 6.54 Å². The van der Waals surface area contributed by atoms with Gasteiger partial charge in [0, 0.05) is 12.2 Å². The molecule has 3 heteroatoms. The largest absolute Gasteiger partial charge is 0.325 e. The van der Waals surface area contributed by atoms with Crippen LogP contribution in [0.1, 0.15) is 38.2 Å². The first-order chi connectivity index (χ1) is 9.13. The molecule has 1 aromatic carbocycles. The van der Waals surface area contributed by atoms with Crippen LogP contribution in [0.2, 0.25) is 0 Å². The Morgan fingerprint density at radius 3 is 2.47 bits per heavy atom. The minimum Gasteiger partial charge on any atom is -0.325 e. The van der Waals surface area contributed by atoms with Gasteiger partial charge in [0.15, 0.2) is 0 Å². The number of hydrogen-bond acceptors (Lipinski definition) is 2. The van der Waals surface area contributed by atoms with Crippen molar-refractivity contribution in [3.63, 3.8) is 0 Å². The fourth-order valence-corrected chi connectivity index (χ4v) is 2.62. The van der Waals surface area contributed by atoms with Gasteiger partial charge in [-0.05, 0) is 43.7 Å². The Hall–Kier alpha value is -1.35. The minimum absolute atomic E-state index is 0.0365. The number of amides is 1. The maximum Gasteiger partial charge on any atom is 0.238 e. The van der Waals surface area contributed by atoms with Crippen molar-refractivity contribution in [3.05, 3.63) is 29.8 Å². The second kappa shape index (κ2) is 6.20. The summed E-state index contributed by atoms with van der Waals surface area (Å²) in [6.07, 6.45) is 5.15. The normalized spacial score (nSPS) is 16.7. The number of carbonyl (C=O) groups excluding carboxylic acids is 1. The highest BCUT2D eigenvalue weighted by atomic mass is 16.1. The predicted octanol–water partition coefficient (Wildman–Crippen LogP) is 3.10. The van der Waals surface area contributed by atoms with Gasteiger partial charge in [-0.3, -0.25) is 4.79 Å². The van der Waals surface area contributed by atoms with Crippen LogP contribution in [0.15, 0.2) is 24.3 Å². The van der Waals surface area contributed by atoms with Crippen LogP contribution in [0.5, 0.6) is 0 Å². The molecule has 2 N–H and O–H groups in total. The van der Waals surface area contributed by atoms with Gasteiger partial charge in [-0.1, -0.05) is 31.0 Å². The highest BCUT2D eigenvalue weighted by molar-refractivity contribution is 5.92. The Kier molecular flexibility index (Phi) is 4.59. The molecular formula is C16H24N2O. The highest BCUT2D eigenvalue weighted by Crippen LogP contribution is 2.42. The van der Waals surface area contributed by atoms with Crippen LogP contribution in [0.3, 0.4) is 0 Å². The molecule has 0 unspecified atom stereocenters. The number of anilines is 1. The molecule has 0 saturated heterocycles. The van der Waals surface area contributed by atoms with Crippen LogP contribution < -0.4 is 10.6 Å². The maximum absolute atomic E-state index is 11.8. The molecule has 0 heterocycles. The number of aryl methyl sites for hydroxylation is 1. The summed E-state index contributed by atoms with van der Waals surface area (Å²) < 4.78 is 0. The van der Waals surface area contributed by atoms with E-state index in [4.69, 9.17) is 0 Å². The van der Waals surface area contributed by atoms with Crippen LogP contribution >= 0.6 is 0 Å². The Morgan fingerprint density at radius 2 is 1.95 bits per heavy atom. The van der Waals surface area contributed by atoms with Gasteiger partial charge in [-0.25, -0.2) is 0 Å². The second-order valence-corrected chi connectivity index (χ2v) is 5.72. The van der Waals surface area contributed by atoms with Crippen molar-refractivity contribution in [3.8, 4) is 0 Å². The molecule has 0 atom stereocenters. The van der Waals surface area contributed by atoms with Crippen LogP contribution in [0.25, 0.3) is 0 Å². The zero-order valence-corrected chi connectivity index (χ0v) is 12.0. The predicted molar refractivity (Wildman–Crippen MR) is 79.3 cm³/mol. The number of carbonyl (C=O) groups is 1. The number of benzene rings is 1. The molecule has 1 saturated carbocycles. The van der Waals surface area contributed by atoms with E-state index in [2.05, 4.69) is 17.6 Å². The molecule has 0 bridgehead atoms. The van der Waals surface area contributed by atoms with Crippen LogP contribution in [-0.2, 0) is 4.79 Å². The van der Waals surface area contributed by atoms with E-state index in [1.165, 1.54) is 31.2 Å². The van der Waals surface area contributed by atoms with E-state index < -0.39 is 0 Å². The lowest BCUT2D eigenvalue weighted by Gasteiger charge is -2.41. The SMILES string of the molecule is CCC1(CNCC(=O)Nc2ccc(C)cc2)CCC1. The Balaban J connectivity index is 1.71. The average molecular weight is 260 g/mol. The number of nitrogens with one attached hydrogen (secondary N) is 2. The van der Waals surface area contributed by atoms with E-state index in [-0.39, 0.29) is 5.91 Å². The Morgan fingerprint density at radius 1 is 1.26 bits per heavy atom. The van der Waals surface area contributed by atoms with E-state index in [0.29, 0.717) is 12.0 Å². The third-order valence-electron chi connectivity index (χ3n) is 4.29. The summed E-state index contributed by atoms with van der Waals surface area (Å²) in [5, 5.41) is 6.21. The summed E-state index contributed by atoms with van der Waals surface area (Å²) >= 11 is 0. The first-order valence-corrected chi connectivity index (χ1v) is 7.21. The highest BCUT2D eigenvalue weighted by Gasteiger charge is 2.34. The summed E-state index contributed by atoms with van der Waals surface area (Å²) in [5.41, 5.74) is 2.53. The molecule has 3 nitrogen and oxygen atoms in total. The number of hydrogen-bond donors (Lipinski definition) is 2. The van der Waals surface area contributed by atoms with Crippen molar-refractivity contribution >= 4 is 11.6 Å². The van der Waals surface area contributed by atoms with Crippen molar-refractivity contribution in [2.24, 2.45) is 5.41 Å². The molecule has 2 rings (SSSR count). The molecule has 1 fully saturated rings. The fraction of sp³-hybridized carbons (Fsp3) is 0.562. The molecule has 1 aliphatic rings. The molecule has 19 heavy (non-hydrogen) atoms. The molecule has 1 aliphatic carbocycles. The van der Waals surface area contributed by atoms with Crippen molar-refractivity contribution in [1.82, 2.24) is 5.32 Å². The summed E-state index contributed by atoms with van der Waals surface area (Å²) in [5.74, 6) is 0.0365. The molecule has 0 spiro atoms. The molecule has 0 radical (unpaired) electrons. The van der Waals surface area contributed by atoms with E-state index >= 15 is 0 Å². The minimum atomic E-state index is 0.0365. The van der Waals surface area contributed by atoms with Gasteiger partial charge >= 0.3 is 0 Å². The van der Waals surface area contributed by atoms with E-state index in [1.54, 1.807) is 0 Å². The monoisotopic (exact) mass is 260 g/mol. The standard InChI is InChI=1S/C16H24N2O/c1-3-16(9-4-10-16)12-17-11-15(19)18-14-7-5-13(2)6-8-14/h5-8,17H,3-4,9-12H2,1-2H3,(H,18,19). The first-order valence-electron chi connectivity index (χ1n) is 7.21. The van der Waals surface area contributed by atoms with Crippen molar-refractivity contribution in [1.29, 1.82) is 0 Å². The van der Waals surface area contributed by atoms with Gasteiger partial charge in [-0.15, -0.1) is 0 Å². The topological polar surface area (TPSA) is 41.1 Å². The first kappa shape index (κ1) is 14.1. The molecule has 104 valence electrons. The average Bonchev–Trinajstić information content (AvgIpc) is 2.35. The lowest BCUT2D eigenvalue weighted by atomic mass is 9.67. The number of rotatable bonds is 6. The van der Waals surface area contributed by atoms with Crippen LogP contribution in [0.4, 0.5) is 5.69 Å². The summed E-state index contributed by atoms with van der Waals surface area (Å²) in [4.78, 5) is 11.8. The van der Waals surface area contributed by atoms with E-state index in [1.807, 2.05) is 31.2 Å². The van der Waals surface area contributed by atoms with Crippen molar-refractivity contribution < 1.29 is 4.79 Å². The maximum atomic E-state index is 11.8. The van der Waals surface area contributed by atoms with Crippen molar-refractivity contribution in [2.75, 3.05) is 18.4 Å². The zero-order chi connectivity index (χ0) is 13.7. The van der Waals surface area contributed by atoms with Gasteiger partial charge in [-0.2, -0.15) is 0 Å². The van der Waals surface area contributed by atoms with E-state index in [0.717, 1.165) is 12.2 Å². The summed E-state index contributed by atoms with van der Waals surface area (Å²) in [7, 11) is 0. The van der Waals surface area contributed by atoms with Crippen molar-refractivity contribution in [2.45, 2.75) is 39.5 Å². The lowest BCUT2D eigenvalue weighted by molar-refractivity contribution is -0.115. The quantitative estimate of drug-likeness (QED) is 0.825. The lowest BCUT2D eigenvalue weighted by Crippen LogP contribution is -2.41. The molecular weight excluding hydrogens is 236 g/mol. The smallest absolute Gasteiger partial charge is 0.238 e. The summed E-state index contributed by atoms with van der Waals surface area (Å²) in [6, 6.07) is 7.88. The zero-order valence-electron chi connectivity index (χ0n) is 12.0. The van der Waals surface area contributed by atoms with Gasteiger partial charge in [0.2, 0.25) is 5.91 Å². The van der Waals surface area contributed by atoms with Gasteiger partial charge in [0.1, 0.15) is 0 Å². The molecule has 1 aromatic rings. The second-order valence-electron chi connectivity index (χ2n) is 5.72.